The summed E-state index contributed by atoms with van der Waals surface area (Å²) in [5, 5.41) is 16.7. The Labute approximate surface area is 103 Å². The molecule has 2 unspecified atom stereocenters. The minimum atomic E-state index is -4.13. The zero-order chi connectivity index (χ0) is 13.3. The van der Waals surface area contributed by atoms with Crippen LogP contribution in [0.25, 0.3) is 0 Å². The summed E-state index contributed by atoms with van der Waals surface area (Å²) in [6.07, 6.45) is -2.61. The molecule has 1 aromatic rings. The first kappa shape index (κ1) is 13.3. The van der Waals surface area contributed by atoms with Gasteiger partial charge in [0.1, 0.15) is 12.4 Å². The number of halogens is 3. The number of aliphatic hydroxyl groups excluding tert-OH is 1. The van der Waals surface area contributed by atoms with E-state index in [1.54, 1.807) is 11.6 Å². The van der Waals surface area contributed by atoms with Crippen molar-refractivity contribution in [3.63, 3.8) is 0 Å². The summed E-state index contributed by atoms with van der Waals surface area (Å²) in [6.45, 7) is -0.251. The van der Waals surface area contributed by atoms with E-state index in [-0.39, 0.29) is 25.4 Å². The lowest BCUT2D eigenvalue weighted by molar-refractivity contribution is -0.183. The zero-order valence-corrected chi connectivity index (χ0v) is 10.1. The standard InChI is InChI=1S/C11H16F3N3O/c1-17-9(6-18)15-16-10(17)7-3-2-4-8(5-7)11(12,13)14/h7-8,18H,2-6H2,1H3. The Bertz CT molecular complexity index is 416. The van der Waals surface area contributed by atoms with Gasteiger partial charge < -0.3 is 9.67 Å². The van der Waals surface area contributed by atoms with E-state index < -0.39 is 12.1 Å². The Kier molecular flexibility index (Phi) is 3.61. The van der Waals surface area contributed by atoms with Gasteiger partial charge in [-0.15, -0.1) is 10.2 Å². The Morgan fingerprint density at radius 2 is 2.06 bits per heavy atom. The number of alkyl halides is 3. The Morgan fingerprint density at radius 3 is 2.61 bits per heavy atom. The van der Waals surface area contributed by atoms with Crippen LogP contribution in [0.1, 0.15) is 43.3 Å². The van der Waals surface area contributed by atoms with E-state index in [2.05, 4.69) is 10.2 Å². The molecule has 7 heteroatoms. The summed E-state index contributed by atoms with van der Waals surface area (Å²) in [6, 6.07) is 0. The molecule has 1 aliphatic rings. The van der Waals surface area contributed by atoms with Gasteiger partial charge in [-0.25, -0.2) is 0 Å². The van der Waals surface area contributed by atoms with Gasteiger partial charge in [0.05, 0.1) is 5.92 Å². The highest BCUT2D eigenvalue weighted by atomic mass is 19.4. The molecule has 2 rings (SSSR count). The lowest BCUT2D eigenvalue weighted by atomic mass is 9.80. The molecule has 0 spiro atoms. The highest BCUT2D eigenvalue weighted by Gasteiger charge is 2.43. The topological polar surface area (TPSA) is 50.9 Å². The predicted octanol–water partition coefficient (Wildman–Crippen LogP) is 2.14. The van der Waals surface area contributed by atoms with Crippen LogP contribution in [0.4, 0.5) is 13.2 Å². The number of hydrogen-bond acceptors (Lipinski definition) is 3. The van der Waals surface area contributed by atoms with Crippen LogP contribution in [0.5, 0.6) is 0 Å². The van der Waals surface area contributed by atoms with Crippen LogP contribution in [-0.2, 0) is 13.7 Å². The van der Waals surface area contributed by atoms with Crippen LogP contribution in [0, 0.1) is 5.92 Å². The van der Waals surface area contributed by atoms with Gasteiger partial charge in [-0.2, -0.15) is 13.2 Å². The lowest BCUT2D eigenvalue weighted by Gasteiger charge is -2.29. The summed E-state index contributed by atoms with van der Waals surface area (Å²) in [5.74, 6) is -0.527. The molecule has 4 nitrogen and oxygen atoms in total. The van der Waals surface area contributed by atoms with E-state index in [0.29, 0.717) is 24.5 Å². The SMILES string of the molecule is Cn1c(CO)nnc1C1CCCC(C(F)(F)F)C1. The summed E-state index contributed by atoms with van der Waals surface area (Å²) >= 11 is 0. The van der Waals surface area contributed by atoms with Crippen LogP contribution in [0.15, 0.2) is 0 Å². The summed E-state index contributed by atoms with van der Waals surface area (Å²) in [7, 11) is 1.68. The van der Waals surface area contributed by atoms with E-state index in [1.807, 2.05) is 0 Å². The third kappa shape index (κ3) is 2.50. The van der Waals surface area contributed by atoms with Crippen molar-refractivity contribution in [2.75, 3.05) is 0 Å². The highest BCUT2D eigenvalue weighted by molar-refractivity contribution is 5.03. The summed E-state index contributed by atoms with van der Waals surface area (Å²) < 4.78 is 39.8. The molecule has 1 heterocycles. The van der Waals surface area contributed by atoms with E-state index in [1.165, 1.54) is 0 Å². The van der Waals surface area contributed by atoms with Crippen molar-refractivity contribution in [3.05, 3.63) is 11.6 Å². The number of nitrogens with zero attached hydrogens (tertiary/aromatic N) is 3. The van der Waals surface area contributed by atoms with Crippen molar-refractivity contribution < 1.29 is 18.3 Å². The average Bonchev–Trinajstić information content (AvgIpc) is 2.69. The number of aromatic nitrogens is 3. The first-order valence-electron chi connectivity index (χ1n) is 5.99. The highest BCUT2D eigenvalue weighted by Crippen LogP contribution is 2.43. The van der Waals surface area contributed by atoms with Crippen LogP contribution in [0.2, 0.25) is 0 Å². The zero-order valence-electron chi connectivity index (χ0n) is 10.1. The normalized spacial score (nSPS) is 25.4. The molecule has 1 aromatic heterocycles. The van der Waals surface area contributed by atoms with Crippen molar-refractivity contribution in [3.8, 4) is 0 Å². The fraction of sp³-hybridized carbons (Fsp3) is 0.818. The van der Waals surface area contributed by atoms with Gasteiger partial charge in [0.15, 0.2) is 5.82 Å². The lowest BCUT2D eigenvalue weighted by Crippen LogP contribution is -2.29. The Hall–Kier alpha value is -1.11. The molecule has 0 aromatic carbocycles. The summed E-state index contributed by atoms with van der Waals surface area (Å²) in [4.78, 5) is 0. The second kappa shape index (κ2) is 4.87. The van der Waals surface area contributed by atoms with Gasteiger partial charge in [0.2, 0.25) is 0 Å². The van der Waals surface area contributed by atoms with Gasteiger partial charge in [-0.1, -0.05) is 6.42 Å². The molecule has 0 radical (unpaired) electrons. The quantitative estimate of drug-likeness (QED) is 0.889. The second-order valence-corrected chi connectivity index (χ2v) is 4.79. The predicted molar refractivity (Wildman–Crippen MR) is 57.7 cm³/mol. The second-order valence-electron chi connectivity index (χ2n) is 4.79. The van der Waals surface area contributed by atoms with E-state index in [4.69, 9.17) is 5.11 Å². The smallest absolute Gasteiger partial charge is 0.388 e. The van der Waals surface area contributed by atoms with Crippen LogP contribution in [-0.4, -0.2) is 26.0 Å². The number of rotatable bonds is 2. The minimum Gasteiger partial charge on any atom is -0.388 e. The molecule has 18 heavy (non-hydrogen) atoms. The molecular weight excluding hydrogens is 247 g/mol. The molecule has 1 fully saturated rings. The van der Waals surface area contributed by atoms with Gasteiger partial charge in [0, 0.05) is 13.0 Å². The number of aliphatic hydroxyl groups is 1. The van der Waals surface area contributed by atoms with Gasteiger partial charge in [-0.05, 0) is 19.3 Å². The van der Waals surface area contributed by atoms with Crippen LogP contribution < -0.4 is 0 Å². The Morgan fingerprint density at radius 1 is 1.33 bits per heavy atom. The molecule has 0 amide bonds. The van der Waals surface area contributed by atoms with Crippen LogP contribution >= 0.6 is 0 Å². The maximum absolute atomic E-state index is 12.7. The van der Waals surface area contributed by atoms with E-state index in [0.717, 1.165) is 0 Å². The van der Waals surface area contributed by atoms with Crippen molar-refractivity contribution in [2.24, 2.45) is 13.0 Å². The average molecular weight is 263 g/mol. The largest absolute Gasteiger partial charge is 0.391 e. The molecule has 1 aliphatic carbocycles. The molecule has 1 N–H and O–H groups in total. The first-order chi connectivity index (χ1) is 8.43. The van der Waals surface area contributed by atoms with E-state index >= 15 is 0 Å². The maximum Gasteiger partial charge on any atom is 0.391 e. The molecule has 1 saturated carbocycles. The van der Waals surface area contributed by atoms with Crippen molar-refractivity contribution in [2.45, 2.75) is 44.4 Å². The van der Waals surface area contributed by atoms with Crippen LogP contribution in [0.3, 0.4) is 0 Å². The van der Waals surface area contributed by atoms with Crippen molar-refractivity contribution in [1.29, 1.82) is 0 Å². The van der Waals surface area contributed by atoms with E-state index in [9.17, 15) is 13.2 Å². The molecule has 0 aliphatic heterocycles. The fourth-order valence-electron chi connectivity index (χ4n) is 2.59. The Balaban J connectivity index is 2.16. The third-order valence-electron chi connectivity index (χ3n) is 3.64. The molecule has 0 bridgehead atoms. The molecule has 102 valence electrons. The minimum absolute atomic E-state index is 0.0703. The van der Waals surface area contributed by atoms with Crippen molar-refractivity contribution >= 4 is 0 Å². The fourth-order valence-corrected chi connectivity index (χ4v) is 2.59. The molecule has 2 atom stereocenters. The van der Waals surface area contributed by atoms with Gasteiger partial charge in [0.25, 0.3) is 0 Å². The van der Waals surface area contributed by atoms with Crippen molar-refractivity contribution in [1.82, 2.24) is 14.8 Å². The van der Waals surface area contributed by atoms with Gasteiger partial charge in [-0.3, -0.25) is 0 Å². The molecular formula is C11H16F3N3O. The maximum atomic E-state index is 12.7. The first-order valence-corrected chi connectivity index (χ1v) is 5.99. The van der Waals surface area contributed by atoms with Gasteiger partial charge >= 0.3 is 6.18 Å². The number of hydrogen-bond donors (Lipinski definition) is 1. The molecule has 0 saturated heterocycles. The third-order valence-corrected chi connectivity index (χ3v) is 3.64. The summed E-state index contributed by atoms with van der Waals surface area (Å²) in [5.41, 5.74) is 0. The monoisotopic (exact) mass is 263 g/mol.